The summed E-state index contributed by atoms with van der Waals surface area (Å²) < 4.78 is 29.1. The van der Waals surface area contributed by atoms with E-state index in [1.54, 1.807) is 49.4 Å². The second-order valence-electron chi connectivity index (χ2n) is 10.3. The van der Waals surface area contributed by atoms with Gasteiger partial charge in [-0.15, -0.1) is 0 Å². The number of aryl methyl sites for hydroxylation is 3. The summed E-state index contributed by atoms with van der Waals surface area (Å²) in [6.45, 7) is 10.7. The molecule has 9 heteroatoms. The van der Waals surface area contributed by atoms with Gasteiger partial charge in [0, 0.05) is 17.6 Å². The van der Waals surface area contributed by atoms with E-state index in [2.05, 4.69) is 5.32 Å². The van der Waals surface area contributed by atoms with Crippen molar-refractivity contribution >= 4 is 39.1 Å². The van der Waals surface area contributed by atoms with Crippen LogP contribution in [-0.4, -0.2) is 43.8 Å². The molecule has 0 saturated heterocycles. The molecule has 3 aromatic rings. The highest BCUT2D eigenvalue weighted by Gasteiger charge is 2.33. The van der Waals surface area contributed by atoms with Crippen molar-refractivity contribution in [2.75, 3.05) is 10.8 Å². The van der Waals surface area contributed by atoms with Crippen molar-refractivity contribution in [3.63, 3.8) is 0 Å². The summed E-state index contributed by atoms with van der Waals surface area (Å²) in [6.07, 6.45) is 0.732. The van der Waals surface area contributed by atoms with Crippen molar-refractivity contribution < 1.29 is 18.0 Å². The summed E-state index contributed by atoms with van der Waals surface area (Å²) in [7, 11) is -4.12. The van der Waals surface area contributed by atoms with Gasteiger partial charge in [-0.3, -0.25) is 13.9 Å². The Hall–Kier alpha value is -3.36. The fraction of sp³-hybridized carbons (Fsp3) is 0.355. The van der Waals surface area contributed by atoms with Crippen molar-refractivity contribution in [1.82, 2.24) is 10.2 Å². The van der Waals surface area contributed by atoms with Gasteiger partial charge in [-0.05, 0) is 94.1 Å². The lowest BCUT2D eigenvalue weighted by Gasteiger charge is -2.32. The molecule has 40 heavy (non-hydrogen) atoms. The highest BCUT2D eigenvalue weighted by Crippen LogP contribution is 2.27. The van der Waals surface area contributed by atoms with Gasteiger partial charge in [0.2, 0.25) is 11.8 Å². The van der Waals surface area contributed by atoms with Crippen LogP contribution in [0.5, 0.6) is 0 Å². The van der Waals surface area contributed by atoms with Crippen LogP contribution in [0.25, 0.3) is 0 Å². The van der Waals surface area contributed by atoms with E-state index >= 15 is 0 Å². The molecule has 1 N–H and O–H groups in total. The minimum atomic E-state index is -4.12. The maximum absolute atomic E-state index is 14.0. The lowest BCUT2D eigenvalue weighted by Crippen LogP contribution is -2.52. The Morgan fingerprint density at radius 2 is 1.52 bits per heavy atom. The van der Waals surface area contributed by atoms with Gasteiger partial charge in [-0.1, -0.05) is 54.4 Å². The molecule has 0 heterocycles. The molecule has 0 aromatic heterocycles. The number of nitrogens with one attached hydrogen (secondary N) is 1. The normalized spacial score (nSPS) is 12.9. The second-order valence-corrected chi connectivity index (χ2v) is 12.6. The van der Waals surface area contributed by atoms with Crippen LogP contribution in [0.15, 0.2) is 71.6 Å². The van der Waals surface area contributed by atoms with Crippen LogP contribution in [0, 0.1) is 20.8 Å². The number of halogens is 1. The van der Waals surface area contributed by atoms with Gasteiger partial charge in [-0.25, -0.2) is 8.42 Å². The van der Waals surface area contributed by atoms with E-state index in [0.717, 1.165) is 33.0 Å². The van der Waals surface area contributed by atoms with Gasteiger partial charge in [-0.2, -0.15) is 0 Å². The molecule has 0 bridgehead atoms. The molecule has 0 aliphatic heterocycles. The second kappa shape index (κ2) is 13.3. The number of nitrogens with zero attached hydrogens (tertiary/aromatic N) is 2. The molecule has 0 aliphatic carbocycles. The number of carbonyl (C=O) groups is 2. The van der Waals surface area contributed by atoms with E-state index in [1.807, 2.05) is 46.8 Å². The predicted molar refractivity (Wildman–Crippen MR) is 161 cm³/mol. The van der Waals surface area contributed by atoms with Gasteiger partial charge >= 0.3 is 0 Å². The largest absolute Gasteiger partial charge is 0.352 e. The average Bonchev–Trinajstić information content (AvgIpc) is 2.89. The zero-order valence-corrected chi connectivity index (χ0v) is 25.5. The molecular formula is C31H38ClN3O4S. The van der Waals surface area contributed by atoms with Gasteiger partial charge < -0.3 is 10.2 Å². The molecule has 0 aliphatic rings. The standard InChI is InChI=1S/C31H38ClN3O4S/c1-7-24(5)33-31(37)25(6)34(19-26-9-8-10-27(32)18-26)30(36)20-35(28-16-22(3)15-23(4)17-28)40(38,39)29-13-11-21(2)12-14-29/h8-18,24-25H,7,19-20H2,1-6H3,(H,33,37)/t24-,25-/m1/s1. The van der Waals surface area contributed by atoms with Gasteiger partial charge in [0.15, 0.2) is 0 Å². The summed E-state index contributed by atoms with van der Waals surface area (Å²) in [5.74, 6) is -0.828. The Morgan fingerprint density at radius 1 is 0.900 bits per heavy atom. The monoisotopic (exact) mass is 583 g/mol. The van der Waals surface area contributed by atoms with Crippen molar-refractivity contribution in [2.45, 2.75) is 71.5 Å². The number of sulfonamides is 1. The lowest BCUT2D eigenvalue weighted by molar-refractivity contribution is -0.139. The Morgan fingerprint density at radius 3 is 2.10 bits per heavy atom. The van der Waals surface area contributed by atoms with E-state index in [-0.39, 0.29) is 23.4 Å². The molecule has 2 amide bonds. The van der Waals surface area contributed by atoms with Crippen molar-refractivity contribution in [3.05, 3.63) is 94.0 Å². The van der Waals surface area contributed by atoms with E-state index in [9.17, 15) is 18.0 Å². The molecule has 0 saturated carbocycles. The molecule has 3 rings (SSSR count). The number of rotatable bonds is 11. The summed E-state index contributed by atoms with van der Waals surface area (Å²) in [5, 5.41) is 3.43. The molecule has 3 aromatic carbocycles. The molecule has 0 fully saturated rings. The Balaban J connectivity index is 2.06. The predicted octanol–water partition coefficient (Wildman–Crippen LogP) is 5.79. The Kier molecular flexibility index (Phi) is 10.4. The molecular weight excluding hydrogens is 546 g/mol. The average molecular weight is 584 g/mol. The molecule has 214 valence electrons. The van der Waals surface area contributed by atoms with Crippen LogP contribution in [-0.2, 0) is 26.2 Å². The number of carbonyl (C=O) groups excluding carboxylic acids is 2. The van der Waals surface area contributed by atoms with E-state index in [0.29, 0.717) is 10.7 Å². The van der Waals surface area contributed by atoms with Crippen LogP contribution < -0.4 is 9.62 Å². The van der Waals surface area contributed by atoms with Crippen LogP contribution in [0.2, 0.25) is 5.02 Å². The first-order chi connectivity index (χ1) is 18.8. The zero-order chi connectivity index (χ0) is 29.6. The summed E-state index contributed by atoms with van der Waals surface area (Å²) in [4.78, 5) is 28.7. The SMILES string of the molecule is CC[C@@H](C)NC(=O)[C@@H](C)N(Cc1cccc(Cl)c1)C(=O)CN(c1cc(C)cc(C)c1)S(=O)(=O)c1ccc(C)cc1. The minimum absolute atomic E-state index is 0.0771. The minimum Gasteiger partial charge on any atom is -0.352 e. The number of anilines is 1. The Bertz CT molecular complexity index is 1440. The number of amides is 2. The number of benzene rings is 3. The first-order valence-electron chi connectivity index (χ1n) is 13.3. The van der Waals surface area contributed by atoms with E-state index in [1.165, 1.54) is 17.0 Å². The molecule has 0 unspecified atom stereocenters. The quantitative estimate of drug-likeness (QED) is 0.309. The molecule has 7 nitrogen and oxygen atoms in total. The first-order valence-corrected chi connectivity index (χ1v) is 15.2. The molecule has 0 radical (unpaired) electrons. The third-order valence-electron chi connectivity index (χ3n) is 6.79. The first kappa shape index (κ1) is 31.2. The van der Waals surface area contributed by atoms with Gasteiger partial charge in [0.05, 0.1) is 10.6 Å². The van der Waals surface area contributed by atoms with Crippen LogP contribution in [0.1, 0.15) is 49.4 Å². The number of hydrogen-bond donors (Lipinski definition) is 1. The van der Waals surface area contributed by atoms with Crippen LogP contribution in [0.4, 0.5) is 5.69 Å². The molecule has 2 atom stereocenters. The van der Waals surface area contributed by atoms with Crippen molar-refractivity contribution in [1.29, 1.82) is 0 Å². The maximum Gasteiger partial charge on any atom is 0.264 e. The maximum atomic E-state index is 14.0. The van der Waals surface area contributed by atoms with Crippen LogP contribution in [0.3, 0.4) is 0 Å². The third-order valence-corrected chi connectivity index (χ3v) is 8.82. The Labute approximate surface area is 243 Å². The fourth-order valence-corrected chi connectivity index (χ4v) is 5.95. The van der Waals surface area contributed by atoms with E-state index in [4.69, 9.17) is 11.6 Å². The van der Waals surface area contributed by atoms with Gasteiger partial charge in [0.1, 0.15) is 12.6 Å². The summed E-state index contributed by atoms with van der Waals surface area (Å²) in [6, 6.07) is 18.1. The van der Waals surface area contributed by atoms with Crippen molar-refractivity contribution in [2.24, 2.45) is 0 Å². The summed E-state index contributed by atoms with van der Waals surface area (Å²) >= 11 is 6.20. The van der Waals surface area contributed by atoms with Crippen LogP contribution >= 0.6 is 11.6 Å². The fourth-order valence-electron chi connectivity index (χ4n) is 4.34. The zero-order valence-electron chi connectivity index (χ0n) is 23.9. The third kappa shape index (κ3) is 7.86. The molecule has 0 spiro atoms. The van der Waals surface area contributed by atoms with Gasteiger partial charge in [0.25, 0.3) is 10.0 Å². The highest BCUT2D eigenvalue weighted by atomic mass is 35.5. The smallest absolute Gasteiger partial charge is 0.264 e. The van der Waals surface area contributed by atoms with E-state index < -0.39 is 28.5 Å². The number of hydrogen-bond acceptors (Lipinski definition) is 4. The summed E-state index contributed by atoms with van der Waals surface area (Å²) in [5.41, 5.74) is 3.75. The topological polar surface area (TPSA) is 86.8 Å². The highest BCUT2D eigenvalue weighted by molar-refractivity contribution is 7.92. The van der Waals surface area contributed by atoms with Crippen molar-refractivity contribution in [3.8, 4) is 0 Å². The lowest BCUT2D eigenvalue weighted by atomic mass is 10.1.